The lowest BCUT2D eigenvalue weighted by atomic mass is 9.62. The fraction of sp³-hybridized carbons (Fsp3) is 0.909. The van der Waals surface area contributed by atoms with Crippen molar-refractivity contribution in [3.05, 3.63) is 11.4 Å². The van der Waals surface area contributed by atoms with Crippen LogP contribution < -0.4 is 0 Å². The summed E-state index contributed by atoms with van der Waals surface area (Å²) in [6, 6.07) is 2.55. The molecule has 0 aliphatic heterocycles. The summed E-state index contributed by atoms with van der Waals surface area (Å²) in [4.78, 5) is 4.03. The molecule has 0 spiro atoms. The standard InChI is InChI=1S/C22H34N2/c1-21(2,3)13-8-15-16-9-14(22(4,5)6)11-18(16)20(24-7)19(12-23)17(15)10-13/h13-20H,8-11H2,1-6H3. The van der Waals surface area contributed by atoms with E-state index < -0.39 is 0 Å². The maximum Gasteiger partial charge on any atom is 0.242 e. The normalized spacial score (nSPS) is 45.2. The topological polar surface area (TPSA) is 28.1 Å². The second kappa shape index (κ2) is 5.76. The number of hydrogen-bond donors (Lipinski definition) is 0. The zero-order chi connectivity index (χ0) is 17.9. The number of nitrogens with zero attached hydrogens (tertiary/aromatic N) is 2. The van der Waals surface area contributed by atoms with Crippen LogP contribution in [0.2, 0.25) is 0 Å². The molecule has 3 aliphatic rings. The first-order valence-corrected chi connectivity index (χ1v) is 9.84. The van der Waals surface area contributed by atoms with Gasteiger partial charge in [-0.3, -0.25) is 0 Å². The molecular weight excluding hydrogens is 292 g/mol. The van der Waals surface area contributed by atoms with Crippen molar-refractivity contribution in [3.63, 3.8) is 0 Å². The SMILES string of the molecule is [C-]#[N+]C1C(C#N)C2CC(C(C)(C)C)CC2C2CC(C(C)(C)C)CC21. The minimum absolute atomic E-state index is 0.0279. The largest absolute Gasteiger partial charge is 0.312 e. The molecule has 0 aromatic carbocycles. The molecule has 0 N–H and O–H groups in total. The van der Waals surface area contributed by atoms with Gasteiger partial charge in [-0.1, -0.05) is 41.5 Å². The highest BCUT2D eigenvalue weighted by molar-refractivity contribution is 5.16. The van der Waals surface area contributed by atoms with Crippen molar-refractivity contribution in [1.82, 2.24) is 0 Å². The highest BCUT2D eigenvalue weighted by atomic mass is 14.8. The number of nitriles is 1. The van der Waals surface area contributed by atoms with Gasteiger partial charge in [0.2, 0.25) is 6.04 Å². The Morgan fingerprint density at radius 1 is 0.792 bits per heavy atom. The van der Waals surface area contributed by atoms with Gasteiger partial charge in [-0.15, -0.1) is 0 Å². The van der Waals surface area contributed by atoms with Crippen LogP contribution in [0, 0.1) is 70.2 Å². The molecule has 0 bridgehead atoms. The van der Waals surface area contributed by atoms with Crippen LogP contribution in [-0.4, -0.2) is 6.04 Å². The molecule has 0 amide bonds. The zero-order valence-corrected chi connectivity index (χ0v) is 16.3. The fourth-order valence-electron chi connectivity index (χ4n) is 6.28. The molecule has 0 aromatic rings. The highest BCUT2D eigenvalue weighted by Gasteiger charge is 2.61. The van der Waals surface area contributed by atoms with Crippen LogP contribution in [-0.2, 0) is 0 Å². The van der Waals surface area contributed by atoms with E-state index in [1.165, 1.54) is 25.7 Å². The zero-order valence-electron chi connectivity index (χ0n) is 16.3. The minimum Gasteiger partial charge on any atom is -0.312 e. The number of rotatable bonds is 0. The summed E-state index contributed by atoms with van der Waals surface area (Å²) >= 11 is 0. The molecule has 3 rings (SSSR count). The maximum absolute atomic E-state index is 9.88. The molecule has 24 heavy (non-hydrogen) atoms. The third-order valence-electron chi connectivity index (χ3n) is 7.89. The Morgan fingerprint density at radius 3 is 1.62 bits per heavy atom. The van der Waals surface area contributed by atoms with E-state index in [0.717, 1.165) is 0 Å². The van der Waals surface area contributed by atoms with Crippen molar-refractivity contribution in [2.24, 2.45) is 52.3 Å². The second-order valence-corrected chi connectivity index (χ2v) is 11.0. The van der Waals surface area contributed by atoms with Gasteiger partial charge in [0, 0.05) is 5.92 Å². The quantitative estimate of drug-likeness (QED) is 0.517. The Kier molecular flexibility index (Phi) is 4.27. The van der Waals surface area contributed by atoms with Gasteiger partial charge in [0.15, 0.2) is 0 Å². The summed E-state index contributed by atoms with van der Waals surface area (Å²) in [5.41, 5.74) is 0.645. The molecule has 0 heterocycles. The second-order valence-electron chi connectivity index (χ2n) is 11.0. The fourth-order valence-corrected chi connectivity index (χ4v) is 6.28. The molecule has 132 valence electrons. The van der Waals surface area contributed by atoms with Crippen LogP contribution in [0.15, 0.2) is 0 Å². The lowest BCUT2D eigenvalue weighted by Crippen LogP contribution is -2.43. The summed E-state index contributed by atoms with van der Waals surface area (Å²) in [6.45, 7) is 21.9. The van der Waals surface area contributed by atoms with Crippen LogP contribution >= 0.6 is 0 Å². The Hall–Kier alpha value is -1.02. The first kappa shape index (κ1) is 17.8. The maximum atomic E-state index is 9.88. The Morgan fingerprint density at radius 2 is 1.21 bits per heavy atom. The van der Waals surface area contributed by atoms with Crippen LogP contribution in [0.5, 0.6) is 0 Å². The van der Waals surface area contributed by atoms with Crippen molar-refractivity contribution in [1.29, 1.82) is 5.26 Å². The van der Waals surface area contributed by atoms with Gasteiger partial charge in [-0.2, -0.15) is 5.26 Å². The average molecular weight is 327 g/mol. The highest BCUT2D eigenvalue weighted by Crippen LogP contribution is 2.62. The molecule has 3 aliphatic carbocycles. The predicted molar refractivity (Wildman–Crippen MR) is 97.8 cm³/mol. The van der Waals surface area contributed by atoms with E-state index in [0.29, 0.717) is 46.3 Å². The van der Waals surface area contributed by atoms with Crippen molar-refractivity contribution >= 4 is 0 Å². The lowest BCUT2D eigenvalue weighted by molar-refractivity contribution is 0.0936. The number of hydrogen-bond acceptors (Lipinski definition) is 1. The van der Waals surface area contributed by atoms with E-state index in [-0.39, 0.29) is 12.0 Å². The van der Waals surface area contributed by atoms with Crippen molar-refractivity contribution in [2.75, 3.05) is 0 Å². The molecule has 8 unspecified atom stereocenters. The minimum atomic E-state index is -0.0488. The predicted octanol–water partition coefficient (Wildman–Crippen LogP) is 5.80. The third-order valence-corrected chi connectivity index (χ3v) is 7.89. The molecule has 0 saturated heterocycles. The lowest BCUT2D eigenvalue weighted by Gasteiger charge is -2.39. The van der Waals surface area contributed by atoms with Gasteiger partial charge in [-0.05, 0) is 66.1 Å². The van der Waals surface area contributed by atoms with Crippen LogP contribution in [0.3, 0.4) is 0 Å². The summed E-state index contributed by atoms with van der Waals surface area (Å²) in [5, 5.41) is 9.88. The first-order valence-electron chi connectivity index (χ1n) is 9.84. The van der Waals surface area contributed by atoms with Gasteiger partial charge in [0.25, 0.3) is 0 Å². The molecule has 3 fully saturated rings. The molecule has 8 atom stereocenters. The Bertz CT molecular complexity index is 513. The van der Waals surface area contributed by atoms with Gasteiger partial charge in [0.1, 0.15) is 5.92 Å². The van der Waals surface area contributed by atoms with Crippen molar-refractivity contribution in [3.8, 4) is 6.07 Å². The van der Waals surface area contributed by atoms with E-state index in [1.807, 2.05) is 0 Å². The summed E-state index contributed by atoms with van der Waals surface area (Å²) < 4.78 is 0. The number of fused-ring (bicyclic) bond motifs is 3. The first-order chi connectivity index (χ1) is 11.1. The molecule has 0 radical (unpaired) electrons. The van der Waals surface area contributed by atoms with E-state index >= 15 is 0 Å². The van der Waals surface area contributed by atoms with Crippen molar-refractivity contribution < 1.29 is 0 Å². The summed E-state index contributed by atoms with van der Waals surface area (Å²) in [7, 11) is 0. The van der Waals surface area contributed by atoms with Crippen LogP contribution in [0.25, 0.3) is 4.85 Å². The Balaban J connectivity index is 1.94. The van der Waals surface area contributed by atoms with E-state index in [1.54, 1.807) is 0 Å². The van der Waals surface area contributed by atoms with Gasteiger partial charge in [0.05, 0.1) is 6.07 Å². The monoisotopic (exact) mass is 326 g/mol. The average Bonchev–Trinajstić information content (AvgIpc) is 3.07. The third kappa shape index (κ3) is 2.77. The van der Waals surface area contributed by atoms with E-state index in [2.05, 4.69) is 52.5 Å². The molecule has 0 aromatic heterocycles. The molecular formula is C22H34N2. The van der Waals surface area contributed by atoms with E-state index in [9.17, 15) is 5.26 Å². The molecule has 2 heteroatoms. The van der Waals surface area contributed by atoms with E-state index in [4.69, 9.17) is 6.57 Å². The van der Waals surface area contributed by atoms with Crippen LogP contribution in [0.4, 0.5) is 0 Å². The van der Waals surface area contributed by atoms with Gasteiger partial charge >= 0.3 is 0 Å². The van der Waals surface area contributed by atoms with Gasteiger partial charge in [-0.25, -0.2) is 6.57 Å². The molecule has 2 nitrogen and oxygen atoms in total. The summed E-state index contributed by atoms with van der Waals surface area (Å²) in [5.74, 6) is 3.71. The smallest absolute Gasteiger partial charge is 0.242 e. The van der Waals surface area contributed by atoms with Gasteiger partial charge < -0.3 is 4.85 Å². The summed E-state index contributed by atoms with van der Waals surface area (Å²) in [6.07, 6.45) is 4.91. The Labute approximate surface area is 148 Å². The molecule has 3 saturated carbocycles. The van der Waals surface area contributed by atoms with Crippen molar-refractivity contribution in [2.45, 2.75) is 73.3 Å². The van der Waals surface area contributed by atoms with Crippen LogP contribution in [0.1, 0.15) is 67.2 Å².